The van der Waals surface area contributed by atoms with Crippen LogP contribution < -0.4 is 9.64 Å². The molecule has 2 aromatic rings. The molecule has 2 heterocycles. The van der Waals surface area contributed by atoms with E-state index in [-0.39, 0.29) is 6.09 Å². The summed E-state index contributed by atoms with van der Waals surface area (Å²) in [6.45, 7) is 8.37. The molecule has 6 heteroatoms. The Morgan fingerprint density at radius 2 is 1.84 bits per heavy atom. The van der Waals surface area contributed by atoms with Crippen molar-refractivity contribution in [2.24, 2.45) is 0 Å². The van der Waals surface area contributed by atoms with Crippen molar-refractivity contribution in [1.29, 1.82) is 0 Å². The Bertz CT molecular complexity index is 762. The van der Waals surface area contributed by atoms with Crippen molar-refractivity contribution in [3.8, 4) is 5.75 Å². The number of methoxy groups -OCH3 is 1. The average molecular weight is 343 g/mol. The number of carbonyl (C=O) groups is 1. The number of piperazine rings is 1. The zero-order valence-corrected chi connectivity index (χ0v) is 15.3. The number of amides is 1. The quantitative estimate of drug-likeness (QED) is 0.837. The highest BCUT2D eigenvalue weighted by Gasteiger charge is 2.27. The molecule has 1 aromatic heterocycles. The summed E-state index contributed by atoms with van der Waals surface area (Å²) in [4.78, 5) is 20.5. The number of nitrogens with zero attached hydrogens (tertiary/aromatic N) is 3. The van der Waals surface area contributed by atoms with Gasteiger partial charge in [-0.25, -0.2) is 4.79 Å². The minimum absolute atomic E-state index is 0.249. The van der Waals surface area contributed by atoms with Crippen LogP contribution in [0.4, 0.5) is 10.5 Å². The Morgan fingerprint density at radius 3 is 2.48 bits per heavy atom. The number of carbonyl (C=O) groups excluding carboxylic acids is 1. The predicted octanol–water partition coefficient (Wildman–Crippen LogP) is 3.30. The number of pyridine rings is 1. The van der Waals surface area contributed by atoms with Gasteiger partial charge in [-0.15, -0.1) is 0 Å². The van der Waals surface area contributed by atoms with Gasteiger partial charge in [0.1, 0.15) is 11.4 Å². The van der Waals surface area contributed by atoms with Crippen molar-refractivity contribution in [2.45, 2.75) is 26.4 Å². The van der Waals surface area contributed by atoms with E-state index in [0.29, 0.717) is 13.1 Å². The minimum atomic E-state index is -0.472. The molecule has 1 aromatic carbocycles. The van der Waals surface area contributed by atoms with Crippen molar-refractivity contribution < 1.29 is 14.3 Å². The molecule has 1 saturated heterocycles. The molecule has 0 bridgehead atoms. The highest BCUT2D eigenvalue weighted by Crippen LogP contribution is 2.36. The average Bonchev–Trinajstić information content (AvgIpc) is 2.59. The molecule has 0 radical (unpaired) electrons. The Labute approximate surface area is 148 Å². The zero-order chi connectivity index (χ0) is 18.0. The van der Waals surface area contributed by atoms with Gasteiger partial charge in [0, 0.05) is 49.3 Å². The van der Waals surface area contributed by atoms with Crippen LogP contribution in [-0.2, 0) is 4.74 Å². The number of anilines is 1. The van der Waals surface area contributed by atoms with E-state index in [0.717, 1.165) is 35.3 Å². The lowest BCUT2D eigenvalue weighted by atomic mass is 10.1. The fourth-order valence-corrected chi connectivity index (χ4v) is 3.06. The zero-order valence-electron chi connectivity index (χ0n) is 15.3. The van der Waals surface area contributed by atoms with E-state index in [1.54, 1.807) is 18.2 Å². The van der Waals surface area contributed by atoms with Crippen LogP contribution in [0, 0.1) is 0 Å². The number of hydrogen-bond donors (Lipinski definition) is 0. The second-order valence-electron chi connectivity index (χ2n) is 7.17. The van der Waals surface area contributed by atoms with Gasteiger partial charge in [-0.05, 0) is 39.0 Å². The largest absolute Gasteiger partial charge is 0.495 e. The molecule has 3 rings (SSSR count). The molecule has 1 aliphatic rings. The van der Waals surface area contributed by atoms with Crippen LogP contribution >= 0.6 is 0 Å². The first-order valence-electron chi connectivity index (χ1n) is 8.52. The maximum atomic E-state index is 12.2. The third-order valence-electron chi connectivity index (χ3n) is 4.22. The van der Waals surface area contributed by atoms with Gasteiger partial charge in [0.25, 0.3) is 0 Å². The monoisotopic (exact) mass is 343 g/mol. The third-order valence-corrected chi connectivity index (χ3v) is 4.22. The van der Waals surface area contributed by atoms with Crippen molar-refractivity contribution in [3.63, 3.8) is 0 Å². The molecular formula is C19H25N3O3. The predicted molar refractivity (Wildman–Crippen MR) is 98.3 cm³/mol. The first kappa shape index (κ1) is 17.3. The SMILES string of the molecule is COc1ccc2cnccc2c1N1CCN(C(=O)OC(C)(C)C)CC1. The first-order chi connectivity index (χ1) is 11.9. The van der Waals surface area contributed by atoms with Crippen LogP contribution in [0.15, 0.2) is 30.6 Å². The molecule has 134 valence electrons. The molecule has 25 heavy (non-hydrogen) atoms. The first-order valence-corrected chi connectivity index (χ1v) is 8.52. The van der Waals surface area contributed by atoms with E-state index in [9.17, 15) is 4.79 Å². The maximum Gasteiger partial charge on any atom is 0.410 e. The van der Waals surface area contributed by atoms with E-state index >= 15 is 0 Å². The van der Waals surface area contributed by atoms with Crippen LogP contribution in [0.3, 0.4) is 0 Å². The van der Waals surface area contributed by atoms with Gasteiger partial charge < -0.3 is 19.3 Å². The normalized spacial score (nSPS) is 15.4. The summed E-state index contributed by atoms with van der Waals surface area (Å²) in [5, 5.41) is 2.19. The maximum absolute atomic E-state index is 12.2. The van der Waals surface area contributed by atoms with Crippen molar-refractivity contribution in [2.75, 3.05) is 38.2 Å². The smallest absolute Gasteiger partial charge is 0.410 e. The fourth-order valence-electron chi connectivity index (χ4n) is 3.06. The van der Waals surface area contributed by atoms with Gasteiger partial charge in [-0.3, -0.25) is 4.98 Å². The van der Waals surface area contributed by atoms with E-state index in [4.69, 9.17) is 9.47 Å². The molecule has 0 unspecified atom stereocenters. The second kappa shape index (κ2) is 6.78. The topological polar surface area (TPSA) is 54.9 Å². The summed E-state index contributed by atoms with van der Waals surface area (Å²) in [5.74, 6) is 0.837. The number of benzene rings is 1. The van der Waals surface area contributed by atoms with E-state index in [1.165, 1.54) is 0 Å². The summed E-state index contributed by atoms with van der Waals surface area (Å²) in [7, 11) is 1.68. The summed E-state index contributed by atoms with van der Waals surface area (Å²) in [6.07, 6.45) is 3.40. The number of aromatic nitrogens is 1. The van der Waals surface area contributed by atoms with Crippen molar-refractivity contribution >= 4 is 22.6 Å². The van der Waals surface area contributed by atoms with Crippen molar-refractivity contribution in [3.05, 3.63) is 30.6 Å². The van der Waals surface area contributed by atoms with Crippen LogP contribution in [0.5, 0.6) is 5.75 Å². The van der Waals surface area contributed by atoms with Crippen LogP contribution in [0.25, 0.3) is 10.8 Å². The van der Waals surface area contributed by atoms with Crippen LogP contribution in [0.2, 0.25) is 0 Å². The molecule has 1 fully saturated rings. The Hall–Kier alpha value is -2.50. The molecule has 1 aliphatic heterocycles. The lowest BCUT2D eigenvalue weighted by molar-refractivity contribution is 0.0240. The number of ether oxygens (including phenoxy) is 2. The minimum Gasteiger partial charge on any atom is -0.495 e. The highest BCUT2D eigenvalue weighted by atomic mass is 16.6. The van der Waals surface area contributed by atoms with Crippen LogP contribution in [-0.4, -0.2) is 54.9 Å². The van der Waals surface area contributed by atoms with Gasteiger partial charge in [0.05, 0.1) is 12.8 Å². The van der Waals surface area contributed by atoms with Gasteiger partial charge in [-0.2, -0.15) is 0 Å². The van der Waals surface area contributed by atoms with E-state index < -0.39 is 5.60 Å². The molecule has 0 aliphatic carbocycles. The molecule has 1 amide bonds. The molecule has 6 nitrogen and oxygen atoms in total. The van der Waals surface area contributed by atoms with Gasteiger partial charge in [0.15, 0.2) is 0 Å². The molecular weight excluding hydrogens is 318 g/mol. The molecule has 0 spiro atoms. The summed E-state index contributed by atoms with van der Waals surface area (Å²) in [6, 6.07) is 5.99. The summed E-state index contributed by atoms with van der Waals surface area (Å²) < 4.78 is 11.0. The highest BCUT2D eigenvalue weighted by molar-refractivity contribution is 5.97. The molecule has 0 atom stereocenters. The third kappa shape index (κ3) is 3.78. The Morgan fingerprint density at radius 1 is 1.12 bits per heavy atom. The number of fused-ring (bicyclic) bond motifs is 1. The fraction of sp³-hybridized carbons (Fsp3) is 0.474. The van der Waals surface area contributed by atoms with Gasteiger partial charge in [0.2, 0.25) is 0 Å². The Kier molecular flexibility index (Phi) is 4.70. The lowest BCUT2D eigenvalue weighted by Gasteiger charge is -2.37. The number of hydrogen-bond acceptors (Lipinski definition) is 5. The van der Waals surface area contributed by atoms with E-state index in [1.807, 2.05) is 45.2 Å². The Balaban J connectivity index is 1.79. The molecule has 0 saturated carbocycles. The molecule has 0 N–H and O–H groups in total. The summed E-state index contributed by atoms with van der Waals surface area (Å²) in [5.41, 5.74) is 0.589. The standard InChI is InChI=1S/C19H25N3O3/c1-19(2,3)25-18(23)22-11-9-21(10-12-22)17-15-7-8-20-13-14(15)5-6-16(17)24-4/h5-8,13H,9-12H2,1-4H3. The van der Waals surface area contributed by atoms with Gasteiger partial charge >= 0.3 is 6.09 Å². The lowest BCUT2D eigenvalue weighted by Crippen LogP contribution is -2.50. The van der Waals surface area contributed by atoms with Crippen LogP contribution in [0.1, 0.15) is 20.8 Å². The summed E-state index contributed by atoms with van der Waals surface area (Å²) >= 11 is 0. The van der Waals surface area contributed by atoms with Gasteiger partial charge in [-0.1, -0.05) is 0 Å². The second-order valence-corrected chi connectivity index (χ2v) is 7.17. The number of rotatable bonds is 2. The van der Waals surface area contributed by atoms with Crippen molar-refractivity contribution in [1.82, 2.24) is 9.88 Å². The van der Waals surface area contributed by atoms with E-state index in [2.05, 4.69) is 9.88 Å².